The molecule has 0 fully saturated rings. The summed E-state index contributed by atoms with van der Waals surface area (Å²) in [5, 5.41) is 11.0. The van der Waals surface area contributed by atoms with Crippen molar-refractivity contribution in [3.8, 4) is 11.4 Å². The number of aromatic nitrogens is 3. The number of rotatable bonds is 7. The summed E-state index contributed by atoms with van der Waals surface area (Å²) < 4.78 is 33.6. The number of furan rings is 1. The Hall–Kier alpha value is -2.88. The fourth-order valence-corrected chi connectivity index (χ4v) is 3.14. The molecule has 2 aromatic heterocycles. The van der Waals surface area contributed by atoms with E-state index in [-0.39, 0.29) is 30.2 Å². The van der Waals surface area contributed by atoms with Crippen LogP contribution in [0.2, 0.25) is 0 Å². The lowest BCUT2D eigenvalue weighted by molar-refractivity contribution is -0.118. The van der Waals surface area contributed by atoms with E-state index in [2.05, 4.69) is 15.5 Å². The minimum absolute atomic E-state index is 0.0411. The van der Waals surface area contributed by atoms with Crippen LogP contribution in [0.4, 0.5) is 8.78 Å². The molecular formula is C17H17F2N5O2S. The van der Waals surface area contributed by atoms with Crippen LogP contribution in [-0.2, 0) is 11.2 Å². The highest BCUT2D eigenvalue weighted by atomic mass is 32.2. The number of nitrogens with two attached hydrogens (primary N) is 1. The number of carbonyl (C=O) groups is 1. The van der Waals surface area contributed by atoms with Gasteiger partial charge in [-0.05, 0) is 31.5 Å². The Morgan fingerprint density at radius 2 is 2.04 bits per heavy atom. The number of hydrogen-bond acceptors (Lipinski definition) is 6. The third kappa shape index (κ3) is 4.27. The predicted molar refractivity (Wildman–Crippen MR) is 96.4 cm³/mol. The van der Waals surface area contributed by atoms with Gasteiger partial charge in [0.05, 0.1) is 17.6 Å². The summed E-state index contributed by atoms with van der Waals surface area (Å²) in [6.45, 7) is 1.90. The molecule has 0 aliphatic heterocycles. The minimum atomic E-state index is -0.628. The van der Waals surface area contributed by atoms with Crippen LogP contribution in [0.25, 0.3) is 11.4 Å². The van der Waals surface area contributed by atoms with Gasteiger partial charge in [-0.2, -0.15) is 0 Å². The lowest BCUT2D eigenvalue weighted by Crippen LogP contribution is -2.28. The average molecular weight is 393 g/mol. The van der Waals surface area contributed by atoms with Gasteiger partial charge in [-0.15, -0.1) is 10.2 Å². The number of carbonyl (C=O) groups excluding carboxylic acids is 1. The maximum Gasteiger partial charge on any atom is 0.230 e. The largest absolute Gasteiger partial charge is 0.469 e. The highest BCUT2D eigenvalue weighted by Gasteiger charge is 2.16. The fourth-order valence-electron chi connectivity index (χ4n) is 2.46. The summed E-state index contributed by atoms with van der Waals surface area (Å²) in [5.74, 6) is 5.54. The molecular weight excluding hydrogens is 376 g/mol. The molecule has 142 valence electrons. The summed E-state index contributed by atoms with van der Waals surface area (Å²) in [5.41, 5.74) is 0.667. The van der Waals surface area contributed by atoms with Gasteiger partial charge in [-0.25, -0.2) is 13.5 Å². The zero-order chi connectivity index (χ0) is 19.4. The van der Waals surface area contributed by atoms with Crippen molar-refractivity contribution in [1.82, 2.24) is 20.2 Å². The van der Waals surface area contributed by atoms with Crippen molar-refractivity contribution in [2.45, 2.75) is 18.5 Å². The molecule has 10 heteroatoms. The van der Waals surface area contributed by atoms with E-state index >= 15 is 0 Å². The number of nitrogens with one attached hydrogen (secondary N) is 1. The van der Waals surface area contributed by atoms with Crippen molar-refractivity contribution in [2.75, 3.05) is 18.1 Å². The van der Waals surface area contributed by atoms with Crippen molar-refractivity contribution >= 4 is 17.7 Å². The molecule has 0 aliphatic rings. The smallest absolute Gasteiger partial charge is 0.230 e. The van der Waals surface area contributed by atoms with Crippen LogP contribution in [0, 0.1) is 18.6 Å². The van der Waals surface area contributed by atoms with Gasteiger partial charge in [0, 0.05) is 12.1 Å². The molecule has 3 rings (SSSR count). The molecule has 7 nitrogen and oxygen atoms in total. The van der Waals surface area contributed by atoms with E-state index in [0.29, 0.717) is 22.3 Å². The molecule has 0 aliphatic carbocycles. The maximum atomic E-state index is 13.5. The highest BCUT2D eigenvalue weighted by Crippen LogP contribution is 2.24. The van der Waals surface area contributed by atoms with Gasteiger partial charge >= 0.3 is 0 Å². The van der Waals surface area contributed by atoms with E-state index in [1.807, 2.05) is 0 Å². The second-order valence-corrected chi connectivity index (χ2v) is 6.60. The van der Waals surface area contributed by atoms with E-state index in [0.717, 1.165) is 11.8 Å². The SMILES string of the molecule is Cc1occc1-c1nnc(SCC(=O)NCCc2c(F)cccc2F)n1N. The summed E-state index contributed by atoms with van der Waals surface area (Å²) in [6, 6.07) is 5.39. The Morgan fingerprint density at radius 3 is 2.70 bits per heavy atom. The van der Waals surface area contributed by atoms with Gasteiger partial charge in [0.1, 0.15) is 17.4 Å². The Kier molecular flexibility index (Phi) is 5.75. The van der Waals surface area contributed by atoms with Gasteiger partial charge in [-0.3, -0.25) is 4.79 Å². The van der Waals surface area contributed by atoms with Crippen molar-refractivity contribution in [3.05, 3.63) is 53.5 Å². The van der Waals surface area contributed by atoms with Crippen LogP contribution >= 0.6 is 11.8 Å². The molecule has 0 bridgehead atoms. The number of nitrogen functional groups attached to an aromatic ring is 1. The monoisotopic (exact) mass is 393 g/mol. The number of amides is 1. The molecule has 0 spiro atoms. The molecule has 3 aromatic rings. The maximum absolute atomic E-state index is 13.5. The number of aryl methyl sites for hydroxylation is 1. The standard InChI is InChI=1S/C17H17F2N5O2S/c1-10-11(6-8-26-10)16-22-23-17(24(16)20)27-9-15(25)21-7-5-12-13(18)3-2-4-14(12)19/h2-4,6,8H,5,7,9,20H2,1H3,(H,21,25). The molecule has 0 unspecified atom stereocenters. The van der Waals surface area contributed by atoms with Gasteiger partial charge in [0.25, 0.3) is 0 Å². The lowest BCUT2D eigenvalue weighted by Gasteiger charge is -2.07. The van der Waals surface area contributed by atoms with Crippen LogP contribution in [-0.4, -0.2) is 33.1 Å². The third-order valence-electron chi connectivity index (χ3n) is 3.86. The summed E-state index contributed by atoms with van der Waals surface area (Å²) in [4.78, 5) is 11.9. The van der Waals surface area contributed by atoms with Gasteiger partial charge in [0.15, 0.2) is 5.82 Å². The van der Waals surface area contributed by atoms with Crippen molar-refractivity contribution in [2.24, 2.45) is 0 Å². The zero-order valence-corrected chi connectivity index (χ0v) is 15.2. The first-order valence-corrected chi connectivity index (χ1v) is 9.03. The van der Waals surface area contributed by atoms with Gasteiger partial charge < -0.3 is 15.6 Å². The first-order valence-electron chi connectivity index (χ1n) is 8.04. The van der Waals surface area contributed by atoms with E-state index < -0.39 is 11.6 Å². The van der Waals surface area contributed by atoms with Crippen LogP contribution in [0.15, 0.2) is 40.1 Å². The fraction of sp³-hybridized carbons (Fsp3) is 0.235. The minimum Gasteiger partial charge on any atom is -0.469 e. The molecule has 27 heavy (non-hydrogen) atoms. The third-order valence-corrected chi connectivity index (χ3v) is 4.80. The van der Waals surface area contributed by atoms with Crippen LogP contribution in [0.1, 0.15) is 11.3 Å². The molecule has 3 N–H and O–H groups in total. The van der Waals surface area contributed by atoms with Crippen LogP contribution < -0.4 is 11.2 Å². The predicted octanol–water partition coefficient (Wildman–Crippen LogP) is 2.29. The summed E-state index contributed by atoms with van der Waals surface area (Å²) in [6.07, 6.45) is 1.59. The number of hydrogen-bond donors (Lipinski definition) is 2. The summed E-state index contributed by atoms with van der Waals surface area (Å²) in [7, 11) is 0. The summed E-state index contributed by atoms with van der Waals surface area (Å²) >= 11 is 1.11. The Bertz CT molecular complexity index is 936. The number of thioether (sulfide) groups is 1. The lowest BCUT2D eigenvalue weighted by atomic mass is 10.1. The molecule has 2 heterocycles. The molecule has 1 amide bonds. The van der Waals surface area contributed by atoms with Crippen LogP contribution in [0.3, 0.4) is 0 Å². The Balaban J connectivity index is 1.51. The number of halogens is 2. The number of nitrogens with zero attached hydrogens (tertiary/aromatic N) is 3. The molecule has 1 aromatic carbocycles. The first-order chi connectivity index (χ1) is 13.0. The molecule has 0 saturated heterocycles. The Morgan fingerprint density at radius 1 is 1.30 bits per heavy atom. The van der Waals surface area contributed by atoms with Crippen molar-refractivity contribution in [1.29, 1.82) is 0 Å². The van der Waals surface area contributed by atoms with Crippen molar-refractivity contribution in [3.63, 3.8) is 0 Å². The first kappa shape index (κ1) is 18.9. The second kappa shape index (κ2) is 8.21. The highest BCUT2D eigenvalue weighted by molar-refractivity contribution is 7.99. The van der Waals surface area contributed by atoms with Gasteiger partial charge in [0.2, 0.25) is 11.1 Å². The van der Waals surface area contributed by atoms with E-state index in [9.17, 15) is 13.6 Å². The molecule has 0 atom stereocenters. The van der Waals surface area contributed by atoms with E-state index in [1.165, 1.54) is 29.1 Å². The van der Waals surface area contributed by atoms with Crippen LogP contribution in [0.5, 0.6) is 0 Å². The average Bonchev–Trinajstić information content (AvgIpc) is 3.21. The zero-order valence-electron chi connectivity index (χ0n) is 14.4. The van der Waals surface area contributed by atoms with E-state index in [4.69, 9.17) is 10.3 Å². The quantitative estimate of drug-likeness (QED) is 0.472. The van der Waals surface area contributed by atoms with E-state index in [1.54, 1.807) is 13.0 Å². The molecule has 0 saturated carbocycles. The van der Waals surface area contributed by atoms with Crippen molar-refractivity contribution < 1.29 is 18.0 Å². The second-order valence-electron chi connectivity index (χ2n) is 5.66. The normalized spacial score (nSPS) is 10.9. The topological polar surface area (TPSA) is 99.0 Å². The molecule has 0 radical (unpaired) electrons. The number of benzene rings is 1. The van der Waals surface area contributed by atoms with Gasteiger partial charge in [-0.1, -0.05) is 17.8 Å². The Labute approximate surface area is 157 Å².